The molecule has 0 bridgehead atoms. The first kappa shape index (κ1) is 12.0. The van der Waals surface area contributed by atoms with Crippen LogP contribution in [-0.4, -0.2) is 40.2 Å². The Morgan fingerprint density at radius 2 is 2.38 bits per heavy atom. The van der Waals surface area contributed by atoms with E-state index in [0.717, 1.165) is 45.3 Å². The molecule has 4 heteroatoms. The van der Waals surface area contributed by atoms with Crippen molar-refractivity contribution in [2.75, 3.05) is 19.6 Å². The normalized spacial score (nSPS) is 27.9. The van der Waals surface area contributed by atoms with Crippen LogP contribution < -0.4 is 0 Å². The molecule has 1 saturated heterocycles. The van der Waals surface area contributed by atoms with Crippen LogP contribution in [0.15, 0.2) is 11.7 Å². The highest BCUT2D eigenvalue weighted by molar-refractivity contribution is 7.09. The van der Waals surface area contributed by atoms with Gasteiger partial charge in [0.25, 0.3) is 0 Å². The van der Waals surface area contributed by atoms with Crippen molar-refractivity contribution in [3.63, 3.8) is 0 Å². The minimum atomic E-state index is -0.504. The number of aliphatic hydroxyl groups is 1. The lowest BCUT2D eigenvalue weighted by Crippen LogP contribution is -2.33. The number of thiazole rings is 1. The third-order valence-corrected chi connectivity index (χ3v) is 4.22. The Balaban J connectivity index is 1.96. The summed E-state index contributed by atoms with van der Waals surface area (Å²) in [6.45, 7) is 5.43. The highest BCUT2D eigenvalue weighted by Gasteiger charge is 2.30. The highest BCUT2D eigenvalue weighted by atomic mass is 32.1. The predicted molar refractivity (Wildman–Crippen MR) is 66.7 cm³/mol. The van der Waals surface area contributed by atoms with Gasteiger partial charge in [-0.05, 0) is 32.4 Å². The van der Waals surface area contributed by atoms with E-state index in [-0.39, 0.29) is 0 Å². The third kappa shape index (κ3) is 3.03. The van der Waals surface area contributed by atoms with Crippen molar-refractivity contribution in [2.24, 2.45) is 0 Å². The SMILES string of the molecule is CCN1CCCC(O)(Cc2cncs2)CC1. The molecule has 1 aromatic rings. The van der Waals surface area contributed by atoms with Crippen LogP contribution in [-0.2, 0) is 6.42 Å². The number of nitrogens with zero attached hydrogens (tertiary/aromatic N) is 2. The summed E-state index contributed by atoms with van der Waals surface area (Å²) in [4.78, 5) is 7.69. The zero-order valence-corrected chi connectivity index (χ0v) is 10.7. The maximum absolute atomic E-state index is 10.6. The Morgan fingerprint density at radius 3 is 3.06 bits per heavy atom. The molecule has 0 saturated carbocycles. The van der Waals surface area contributed by atoms with Crippen LogP contribution in [0, 0.1) is 0 Å². The lowest BCUT2D eigenvalue weighted by atomic mass is 9.91. The summed E-state index contributed by atoms with van der Waals surface area (Å²) >= 11 is 1.64. The summed E-state index contributed by atoms with van der Waals surface area (Å²) in [5.74, 6) is 0. The van der Waals surface area contributed by atoms with E-state index in [1.54, 1.807) is 11.3 Å². The quantitative estimate of drug-likeness (QED) is 0.877. The molecule has 0 aromatic carbocycles. The van der Waals surface area contributed by atoms with Gasteiger partial charge in [-0.25, -0.2) is 0 Å². The van der Waals surface area contributed by atoms with E-state index in [1.807, 2.05) is 11.7 Å². The Kier molecular flexibility index (Phi) is 3.95. The van der Waals surface area contributed by atoms with E-state index in [4.69, 9.17) is 0 Å². The molecule has 0 aliphatic carbocycles. The predicted octanol–water partition coefficient (Wildman–Crippen LogP) is 1.92. The molecule has 1 aliphatic rings. The van der Waals surface area contributed by atoms with Gasteiger partial charge in [-0.2, -0.15) is 0 Å². The molecular weight excluding hydrogens is 220 g/mol. The van der Waals surface area contributed by atoms with Crippen molar-refractivity contribution in [3.05, 3.63) is 16.6 Å². The first-order valence-corrected chi connectivity index (χ1v) is 6.92. The lowest BCUT2D eigenvalue weighted by Gasteiger charge is -2.26. The number of aromatic nitrogens is 1. The van der Waals surface area contributed by atoms with E-state index in [0.29, 0.717) is 0 Å². The van der Waals surface area contributed by atoms with Crippen molar-refractivity contribution in [2.45, 2.75) is 38.2 Å². The molecule has 1 fully saturated rings. The topological polar surface area (TPSA) is 36.4 Å². The van der Waals surface area contributed by atoms with Crippen LogP contribution in [0.1, 0.15) is 31.1 Å². The van der Waals surface area contributed by atoms with E-state index in [1.165, 1.54) is 4.88 Å². The summed E-state index contributed by atoms with van der Waals surface area (Å²) in [5.41, 5.74) is 1.34. The van der Waals surface area contributed by atoms with Crippen LogP contribution in [0.4, 0.5) is 0 Å². The fraction of sp³-hybridized carbons (Fsp3) is 0.750. The molecular formula is C12H20N2OS. The van der Waals surface area contributed by atoms with E-state index >= 15 is 0 Å². The van der Waals surface area contributed by atoms with Crippen LogP contribution in [0.25, 0.3) is 0 Å². The van der Waals surface area contributed by atoms with Crippen molar-refractivity contribution < 1.29 is 5.11 Å². The van der Waals surface area contributed by atoms with Gasteiger partial charge < -0.3 is 10.0 Å². The van der Waals surface area contributed by atoms with Crippen molar-refractivity contribution in [1.82, 2.24) is 9.88 Å². The number of rotatable bonds is 3. The molecule has 1 aliphatic heterocycles. The molecule has 0 amide bonds. The van der Waals surface area contributed by atoms with Gasteiger partial charge in [0.05, 0.1) is 11.1 Å². The van der Waals surface area contributed by atoms with E-state index in [2.05, 4.69) is 16.8 Å². The van der Waals surface area contributed by atoms with E-state index in [9.17, 15) is 5.11 Å². The van der Waals surface area contributed by atoms with Crippen molar-refractivity contribution in [3.8, 4) is 0 Å². The second kappa shape index (κ2) is 5.25. The van der Waals surface area contributed by atoms with E-state index < -0.39 is 5.60 Å². The van der Waals surface area contributed by atoms with Gasteiger partial charge in [0.1, 0.15) is 0 Å². The zero-order valence-electron chi connectivity index (χ0n) is 9.85. The molecule has 1 atom stereocenters. The first-order chi connectivity index (χ1) is 7.72. The first-order valence-electron chi connectivity index (χ1n) is 6.04. The third-order valence-electron chi connectivity index (χ3n) is 3.44. The molecule has 0 radical (unpaired) electrons. The average Bonchev–Trinajstić information content (AvgIpc) is 2.68. The summed E-state index contributed by atoms with van der Waals surface area (Å²) in [7, 11) is 0. The molecule has 1 N–H and O–H groups in total. The molecule has 1 unspecified atom stereocenters. The van der Waals surface area contributed by atoms with Crippen LogP contribution in [0.3, 0.4) is 0 Å². The number of hydrogen-bond donors (Lipinski definition) is 1. The van der Waals surface area contributed by atoms with Crippen LogP contribution in [0.2, 0.25) is 0 Å². The maximum atomic E-state index is 10.6. The minimum absolute atomic E-state index is 0.504. The fourth-order valence-corrected chi connectivity index (χ4v) is 3.11. The Labute approximate surface area is 101 Å². The Bertz CT molecular complexity index is 315. The van der Waals surface area contributed by atoms with Crippen LogP contribution >= 0.6 is 11.3 Å². The summed E-state index contributed by atoms with van der Waals surface area (Å²) in [6, 6.07) is 0. The standard InChI is InChI=1S/C12H20N2OS/c1-2-14-6-3-4-12(15,5-7-14)8-11-9-13-10-16-11/h9-10,15H,2-8H2,1H3. The Morgan fingerprint density at radius 1 is 1.50 bits per heavy atom. The van der Waals surface area contributed by atoms with Gasteiger partial charge in [-0.3, -0.25) is 4.98 Å². The average molecular weight is 240 g/mol. The molecule has 2 rings (SSSR count). The highest BCUT2D eigenvalue weighted by Crippen LogP contribution is 2.27. The summed E-state index contributed by atoms with van der Waals surface area (Å²) < 4.78 is 0. The molecule has 0 spiro atoms. The second-order valence-electron chi connectivity index (χ2n) is 4.66. The van der Waals surface area contributed by atoms with Gasteiger partial charge in [-0.15, -0.1) is 11.3 Å². The van der Waals surface area contributed by atoms with Gasteiger partial charge >= 0.3 is 0 Å². The number of hydrogen-bond acceptors (Lipinski definition) is 4. The largest absolute Gasteiger partial charge is 0.389 e. The van der Waals surface area contributed by atoms with Gasteiger partial charge in [-0.1, -0.05) is 6.92 Å². The monoisotopic (exact) mass is 240 g/mol. The number of likely N-dealkylation sites (tertiary alicyclic amines) is 1. The van der Waals surface area contributed by atoms with Gasteiger partial charge in [0, 0.05) is 24.0 Å². The zero-order chi connectivity index (χ0) is 11.4. The summed E-state index contributed by atoms with van der Waals surface area (Å²) in [6.07, 6.45) is 5.56. The fourth-order valence-electron chi connectivity index (χ4n) is 2.38. The summed E-state index contributed by atoms with van der Waals surface area (Å²) in [5, 5.41) is 10.6. The molecule has 90 valence electrons. The molecule has 2 heterocycles. The Hall–Kier alpha value is -0.450. The smallest absolute Gasteiger partial charge is 0.0794 e. The molecule has 3 nitrogen and oxygen atoms in total. The lowest BCUT2D eigenvalue weighted by molar-refractivity contribution is 0.0265. The molecule has 16 heavy (non-hydrogen) atoms. The minimum Gasteiger partial charge on any atom is -0.389 e. The van der Waals surface area contributed by atoms with Gasteiger partial charge in [0.15, 0.2) is 0 Å². The van der Waals surface area contributed by atoms with Crippen LogP contribution in [0.5, 0.6) is 0 Å². The van der Waals surface area contributed by atoms with Crippen molar-refractivity contribution in [1.29, 1.82) is 0 Å². The second-order valence-corrected chi connectivity index (χ2v) is 5.63. The van der Waals surface area contributed by atoms with Gasteiger partial charge in [0.2, 0.25) is 0 Å². The maximum Gasteiger partial charge on any atom is 0.0794 e. The van der Waals surface area contributed by atoms with Crippen molar-refractivity contribution >= 4 is 11.3 Å². The molecule has 1 aromatic heterocycles.